The average Bonchev–Trinajstić information content (AvgIpc) is 3.33. The van der Waals surface area contributed by atoms with Gasteiger partial charge in [0, 0.05) is 42.6 Å². The third kappa shape index (κ3) is 4.45. The maximum absolute atomic E-state index is 13.0. The van der Waals surface area contributed by atoms with Crippen LogP contribution in [0.2, 0.25) is 0 Å². The number of piperazine rings is 1. The number of ether oxygens (including phenoxy) is 1. The fourth-order valence-corrected chi connectivity index (χ4v) is 4.28. The van der Waals surface area contributed by atoms with Crippen molar-refractivity contribution in [2.24, 2.45) is 0 Å². The fourth-order valence-electron chi connectivity index (χ4n) is 4.28. The summed E-state index contributed by atoms with van der Waals surface area (Å²) in [6.07, 6.45) is 3.39. The van der Waals surface area contributed by atoms with E-state index in [9.17, 15) is 4.79 Å². The third-order valence-corrected chi connectivity index (χ3v) is 6.26. The number of nitrogens with zero attached hydrogens (tertiary/aromatic N) is 4. The van der Waals surface area contributed by atoms with Gasteiger partial charge in [-0.05, 0) is 36.9 Å². The van der Waals surface area contributed by atoms with Crippen molar-refractivity contribution < 1.29 is 9.53 Å². The molecular formula is C26H28N6O2. The van der Waals surface area contributed by atoms with Crippen molar-refractivity contribution in [2.75, 3.05) is 45.2 Å². The predicted octanol–water partition coefficient (Wildman–Crippen LogP) is 4.15. The normalized spacial score (nSPS) is 14.4. The minimum atomic E-state index is 0.0289. The Labute approximate surface area is 198 Å². The van der Waals surface area contributed by atoms with E-state index in [1.807, 2.05) is 35.2 Å². The summed E-state index contributed by atoms with van der Waals surface area (Å²) in [5, 5.41) is 4.40. The van der Waals surface area contributed by atoms with Gasteiger partial charge in [0.25, 0.3) is 5.91 Å². The smallest absolute Gasteiger partial charge is 0.254 e. The Morgan fingerprint density at radius 1 is 1.09 bits per heavy atom. The molecule has 1 amide bonds. The number of para-hydroxylation sites is 1. The van der Waals surface area contributed by atoms with Gasteiger partial charge in [-0.2, -0.15) is 0 Å². The molecule has 2 aromatic carbocycles. The molecule has 174 valence electrons. The third-order valence-electron chi connectivity index (χ3n) is 6.26. The number of benzene rings is 2. The molecule has 1 saturated heterocycles. The van der Waals surface area contributed by atoms with E-state index in [1.165, 1.54) is 0 Å². The number of H-pyrrole nitrogens is 1. The highest BCUT2D eigenvalue weighted by Gasteiger charge is 2.22. The molecule has 0 atom stereocenters. The van der Waals surface area contributed by atoms with E-state index < -0.39 is 0 Å². The highest BCUT2D eigenvalue weighted by molar-refractivity contribution is 5.95. The van der Waals surface area contributed by atoms with Gasteiger partial charge < -0.3 is 24.8 Å². The summed E-state index contributed by atoms with van der Waals surface area (Å²) in [5.74, 6) is 1.20. The zero-order valence-electron chi connectivity index (χ0n) is 19.4. The number of amides is 1. The lowest BCUT2D eigenvalue weighted by Gasteiger charge is -2.34. The molecule has 0 unspecified atom stereocenters. The van der Waals surface area contributed by atoms with E-state index in [0.29, 0.717) is 17.1 Å². The highest BCUT2D eigenvalue weighted by atomic mass is 16.5. The van der Waals surface area contributed by atoms with E-state index in [2.05, 4.69) is 39.2 Å². The van der Waals surface area contributed by atoms with Crippen LogP contribution in [-0.4, -0.2) is 70.5 Å². The maximum atomic E-state index is 13.0. The summed E-state index contributed by atoms with van der Waals surface area (Å²) in [5.41, 5.74) is 4.02. The number of fused-ring (bicyclic) bond motifs is 1. The van der Waals surface area contributed by atoms with Crippen molar-refractivity contribution in [1.29, 1.82) is 0 Å². The Morgan fingerprint density at radius 2 is 1.91 bits per heavy atom. The average molecular weight is 457 g/mol. The van der Waals surface area contributed by atoms with Gasteiger partial charge in [0.2, 0.25) is 0 Å². The molecule has 0 saturated carbocycles. The van der Waals surface area contributed by atoms with E-state index in [1.54, 1.807) is 25.6 Å². The predicted molar refractivity (Wildman–Crippen MR) is 134 cm³/mol. The van der Waals surface area contributed by atoms with Gasteiger partial charge in [-0.15, -0.1) is 0 Å². The van der Waals surface area contributed by atoms with E-state index >= 15 is 0 Å². The van der Waals surface area contributed by atoms with E-state index in [-0.39, 0.29) is 5.91 Å². The SMILES string of the molecule is CCN1CCN(C(=O)c2ccc(Nc3cncc(-c4cc5ccccc5[nH]4)n3)c(OC)c2)CC1. The lowest BCUT2D eigenvalue weighted by molar-refractivity contribution is 0.0643. The summed E-state index contributed by atoms with van der Waals surface area (Å²) < 4.78 is 5.59. The van der Waals surface area contributed by atoms with Crippen LogP contribution in [0.4, 0.5) is 11.5 Å². The summed E-state index contributed by atoms with van der Waals surface area (Å²) in [6.45, 7) is 6.46. The van der Waals surface area contributed by atoms with Gasteiger partial charge in [0.1, 0.15) is 17.3 Å². The van der Waals surface area contributed by atoms with E-state index in [0.717, 1.165) is 60.7 Å². The summed E-state index contributed by atoms with van der Waals surface area (Å²) in [4.78, 5) is 29.7. The van der Waals surface area contributed by atoms with Gasteiger partial charge in [0.15, 0.2) is 0 Å². The largest absolute Gasteiger partial charge is 0.495 e. The van der Waals surface area contributed by atoms with Crippen LogP contribution in [0.3, 0.4) is 0 Å². The molecule has 1 aliphatic heterocycles. The number of anilines is 2. The molecule has 3 heterocycles. The summed E-state index contributed by atoms with van der Waals surface area (Å²) in [7, 11) is 1.60. The number of aromatic nitrogens is 3. The van der Waals surface area contributed by atoms with Crippen molar-refractivity contribution in [2.45, 2.75) is 6.92 Å². The van der Waals surface area contributed by atoms with Crippen molar-refractivity contribution in [3.63, 3.8) is 0 Å². The standard InChI is InChI=1S/C26H28N6O2/c1-3-31-10-12-32(13-11-31)26(33)19-8-9-21(24(15-19)34-2)29-25-17-27-16-23(30-25)22-14-18-6-4-5-7-20(18)28-22/h4-9,14-17,28H,3,10-13H2,1-2H3,(H,29,30). The van der Waals surface area contributed by atoms with Crippen molar-refractivity contribution >= 4 is 28.3 Å². The van der Waals surface area contributed by atoms with Crippen LogP contribution < -0.4 is 10.1 Å². The Hall–Kier alpha value is -3.91. The molecule has 8 heteroatoms. The first-order chi connectivity index (χ1) is 16.6. The minimum Gasteiger partial charge on any atom is -0.495 e. The first-order valence-corrected chi connectivity index (χ1v) is 11.5. The van der Waals surface area contributed by atoms with Gasteiger partial charge in [0.05, 0.1) is 30.9 Å². The number of methoxy groups -OCH3 is 1. The molecule has 0 aliphatic carbocycles. The molecule has 5 rings (SSSR count). The second-order valence-electron chi connectivity index (χ2n) is 8.33. The molecule has 0 radical (unpaired) electrons. The molecule has 1 fully saturated rings. The van der Waals surface area contributed by atoms with Crippen molar-refractivity contribution in [1.82, 2.24) is 24.8 Å². The number of carbonyl (C=O) groups is 1. The molecule has 0 spiro atoms. The first-order valence-electron chi connectivity index (χ1n) is 11.5. The second-order valence-corrected chi connectivity index (χ2v) is 8.33. The molecule has 0 bridgehead atoms. The van der Waals surface area contributed by atoms with Crippen molar-refractivity contribution in [3.05, 3.63) is 66.5 Å². The van der Waals surface area contributed by atoms with Gasteiger partial charge >= 0.3 is 0 Å². The summed E-state index contributed by atoms with van der Waals surface area (Å²) in [6, 6.07) is 15.6. The second kappa shape index (κ2) is 9.52. The van der Waals surface area contributed by atoms with Crippen LogP contribution in [0.1, 0.15) is 17.3 Å². The number of aromatic amines is 1. The lowest BCUT2D eigenvalue weighted by Crippen LogP contribution is -2.48. The molecule has 34 heavy (non-hydrogen) atoms. The van der Waals surface area contributed by atoms with Crippen LogP contribution in [-0.2, 0) is 0 Å². The summed E-state index contributed by atoms with van der Waals surface area (Å²) >= 11 is 0. The van der Waals surface area contributed by atoms with Crippen LogP contribution in [0.5, 0.6) is 5.75 Å². The molecule has 8 nitrogen and oxygen atoms in total. The molecule has 4 aromatic rings. The number of rotatable bonds is 6. The quantitative estimate of drug-likeness (QED) is 0.453. The molecule has 2 aromatic heterocycles. The molecule has 2 N–H and O–H groups in total. The van der Waals surface area contributed by atoms with Gasteiger partial charge in [-0.3, -0.25) is 9.78 Å². The first kappa shape index (κ1) is 21.9. The van der Waals surface area contributed by atoms with Gasteiger partial charge in [-0.1, -0.05) is 25.1 Å². The highest BCUT2D eigenvalue weighted by Crippen LogP contribution is 2.30. The van der Waals surface area contributed by atoms with Crippen LogP contribution in [0, 0.1) is 0 Å². The minimum absolute atomic E-state index is 0.0289. The molecular weight excluding hydrogens is 428 g/mol. The Bertz CT molecular complexity index is 1280. The fraction of sp³-hybridized carbons (Fsp3) is 0.269. The number of hydrogen-bond donors (Lipinski definition) is 2. The maximum Gasteiger partial charge on any atom is 0.254 e. The Morgan fingerprint density at radius 3 is 2.68 bits per heavy atom. The number of carbonyl (C=O) groups excluding carboxylic acids is 1. The molecule has 1 aliphatic rings. The Balaban J connectivity index is 1.34. The monoisotopic (exact) mass is 456 g/mol. The zero-order valence-corrected chi connectivity index (χ0v) is 19.4. The zero-order chi connectivity index (χ0) is 23.5. The number of nitrogens with one attached hydrogen (secondary N) is 2. The van der Waals surface area contributed by atoms with E-state index in [4.69, 9.17) is 9.72 Å². The van der Waals surface area contributed by atoms with Crippen molar-refractivity contribution in [3.8, 4) is 17.1 Å². The Kier molecular flexibility index (Phi) is 6.14. The number of hydrogen-bond acceptors (Lipinski definition) is 6. The van der Waals surface area contributed by atoms with Crippen LogP contribution in [0.15, 0.2) is 60.9 Å². The number of likely N-dealkylation sites (N-methyl/N-ethyl adjacent to an activating group) is 1. The topological polar surface area (TPSA) is 86.4 Å². The van der Waals surface area contributed by atoms with Crippen LogP contribution >= 0.6 is 0 Å². The lowest BCUT2D eigenvalue weighted by atomic mass is 10.1. The van der Waals surface area contributed by atoms with Gasteiger partial charge in [-0.25, -0.2) is 4.98 Å². The van der Waals surface area contributed by atoms with Crippen LogP contribution in [0.25, 0.3) is 22.3 Å².